The lowest BCUT2D eigenvalue weighted by molar-refractivity contribution is -0.382. The number of nitrogens with one attached hydrogen (secondary N) is 1. The number of hydrogen-bond donors (Lipinski definition) is 1. The van der Waals surface area contributed by atoms with Gasteiger partial charge in [-0.2, -0.15) is 11.3 Å². The van der Waals surface area contributed by atoms with Crippen LogP contribution in [0.1, 0.15) is 5.56 Å². The zero-order valence-electron chi connectivity index (χ0n) is 10.4. The average Bonchev–Trinajstić information content (AvgIpc) is 2.97. The van der Waals surface area contributed by atoms with Crippen LogP contribution in [-0.4, -0.2) is 9.91 Å². The first-order valence-electron chi connectivity index (χ1n) is 6.03. The van der Waals surface area contributed by atoms with E-state index in [0.717, 1.165) is 5.56 Å². The Balaban J connectivity index is 2.01. The van der Waals surface area contributed by atoms with Gasteiger partial charge < -0.3 is 5.32 Å². The minimum absolute atomic E-state index is 0.0748. The van der Waals surface area contributed by atoms with Crippen LogP contribution in [-0.2, 0) is 6.54 Å². The molecule has 0 spiro atoms. The fourth-order valence-corrected chi connectivity index (χ4v) is 2.74. The van der Waals surface area contributed by atoms with Gasteiger partial charge in [0.25, 0.3) is 0 Å². The SMILES string of the molecule is O=[N+]([O-])c1c(NCc2ccsc2)ccc2ncccc12. The van der Waals surface area contributed by atoms with Crippen LogP contribution in [0.15, 0.2) is 47.3 Å². The number of rotatable bonds is 4. The lowest BCUT2D eigenvalue weighted by atomic mass is 10.1. The van der Waals surface area contributed by atoms with E-state index in [-0.39, 0.29) is 10.6 Å². The summed E-state index contributed by atoms with van der Waals surface area (Å²) in [6.45, 7) is 0.566. The van der Waals surface area contributed by atoms with E-state index >= 15 is 0 Å². The smallest absolute Gasteiger partial charge is 0.301 e. The molecule has 0 unspecified atom stereocenters. The summed E-state index contributed by atoms with van der Waals surface area (Å²) >= 11 is 1.60. The predicted molar refractivity (Wildman–Crippen MR) is 80.0 cm³/mol. The van der Waals surface area contributed by atoms with Crippen LogP contribution in [0, 0.1) is 10.1 Å². The number of anilines is 1. The van der Waals surface area contributed by atoms with Crippen LogP contribution in [0.5, 0.6) is 0 Å². The molecule has 0 atom stereocenters. The molecule has 0 aliphatic carbocycles. The van der Waals surface area contributed by atoms with Crippen LogP contribution in [0.2, 0.25) is 0 Å². The summed E-state index contributed by atoms with van der Waals surface area (Å²) in [5.74, 6) is 0. The van der Waals surface area contributed by atoms with E-state index in [1.807, 2.05) is 16.8 Å². The van der Waals surface area contributed by atoms with Gasteiger partial charge in [0.15, 0.2) is 0 Å². The topological polar surface area (TPSA) is 68.1 Å². The van der Waals surface area contributed by atoms with E-state index in [1.165, 1.54) is 0 Å². The number of benzene rings is 1. The number of fused-ring (bicyclic) bond motifs is 1. The number of nitrogens with zero attached hydrogens (tertiary/aromatic N) is 2. The molecule has 1 aromatic carbocycles. The first-order valence-corrected chi connectivity index (χ1v) is 6.97. The first-order chi connectivity index (χ1) is 9.75. The van der Waals surface area contributed by atoms with E-state index in [9.17, 15) is 10.1 Å². The van der Waals surface area contributed by atoms with Crippen molar-refractivity contribution >= 4 is 33.6 Å². The first kappa shape index (κ1) is 12.6. The summed E-state index contributed by atoms with van der Waals surface area (Å²) in [5.41, 5.74) is 2.32. The highest BCUT2D eigenvalue weighted by atomic mass is 32.1. The van der Waals surface area contributed by atoms with Crippen molar-refractivity contribution in [3.05, 3.63) is 63.0 Å². The maximum absolute atomic E-state index is 11.3. The molecule has 6 heteroatoms. The van der Waals surface area contributed by atoms with Gasteiger partial charge in [0.1, 0.15) is 5.69 Å². The fraction of sp³-hybridized carbons (Fsp3) is 0.0714. The summed E-state index contributed by atoms with van der Waals surface area (Å²) in [7, 11) is 0. The molecule has 1 N–H and O–H groups in total. The molecule has 0 radical (unpaired) electrons. The van der Waals surface area contributed by atoms with Gasteiger partial charge in [-0.25, -0.2) is 0 Å². The van der Waals surface area contributed by atoms with Crippen LogP contribution in [0.4, 0.5) is 11.4 Å². The molecule has 20 heavy (non-hydrogen) atoms. The molecule has 0 fully saturated rings. The van der Waals surface area contributed by atoms with Crippen LogP contribution in [0.3, 0.4) is 0 Å². The minimum atomic E-state index is -0.361. The number of pyridine rings is 1. The van der Waals surface area contributed by atoms with E-state index < -0.39 is 0 Å². The van der Waals surface area contributed by atoms with Crippen molar-refractivity contribution in [3.8, 4) is 0 Å². The predicted octanol–water partition coefficient (Wildman–Crippen LogP) is 3.82. The number of hydrogen-bond acceptors (Lipinski definition) is 5. The Morgan fingerprint density at radius 1 is 1.30 bits per heavy atom. The van der Waals surface area contributed by atoms with Gasteiger partial charge in [-0.3, -0.25) is 15.1 Å². The Hall–Kier alpha value is -2.47. The molecule has 2 aromatic heterocycles. The number of nitro benzene ring substituents is 1. The van der Waals surface area contributed by atoms with Crippen LogP contribution in [0.25, 0.3) is 10.9 Å². The summed E-state index contributed by atoms with van der Waals surface area (Å²) < 4.78 is 0. The molecule has 2 heterocycles. The molecular weight excluding hydrogens is 274 g/mol. The summed E-state index contributed by atoms with van der Waals surface area (Å²) in [4.78, 5) is 15.1. The zero-order chi connectivity index (χ0) is 13.9. The van der Waals surface area contributed by atoms with E-state index in [1.54, 1.807) is 41.8 Å². The Bertz CT molecular complexity index is 756. The zero-order valence-corrected chi connectivity index (χ0v) is 11.3. The Morgan fingerprint density at radius 2 is 2.20 bits per heavy atom. The van der Waals surface area contributed by atoms with Crippen molar-refractivity contribution < 1.29 is 4.92 Å². The van der Waals surface area contributed by atoms with Gasteiger partial charge >= 0.3 is 5.69 Å². The quantitative estimate of drug-likeness (QED) is 0.584. The normalized spacial score (nSPS) is 10.6. The molecule has 0 amide bonds. The third-order valence-corrected chi connectivity index (χ3v) is 3.73. The molecule has 0 aliphatic heterocycles. The van der Waals surface area contributed by atoms with Gasteiger partial charge in [0.05, 0.1) is 15.8 Å². The largest absolute Gasteiger partial charge is 0.375 e. The Labute approximate surface area is 119 Å². The number of thiophene rings is 1. The van der Waals surface area contributed by atoms with Gasteiger partial charge in [0.2, 0.25) is 0 Å². The second-order valence-electron chi connectivity index (χ2n) is 4.27. The molecule has 100 valence electrons. The van der Waals surface area contributed by atoms with Gasteiger partial charge in [-0.15, -0.1) is 0 Å². The molecular formula is C14H11N3O2S. The molecule has 0 bridgehead atoms. The number of nitro groups is 1. The van der Waals surface area contributed by atoms with Gasteiger partial charge in [-0.05, 0) is 46.7 Å². The van der Waals surface area contributed by atoms with Crippen molar-refractivity contribution in [2.45, 2.75) is 6.54 Å². The fourth-order valence-electron chi connectivity index (χ4n) is 2.07. The van der Waals surface area contributed by atoms with Crippen LogP contribution >= 0.6 is 11.3 Å². The molecule has 0 saturated heterocycles. The van der Waals surface area contributed by atoms with E-state index in [2.05, 4.69) is 10.3 Å². The van der Waals surface area contributed by atoms with Crippen molar-refractivity contribution in [2.75, 3.05) is 5.32 Å². The van der Waals surface area contributed by atoms with Crippen molar-refractivity contribution in [2.24, 2.45) is 0 Å². The summed E-state index contributed by atoms with van der Waals surface area (Å²) in [6.07, 6.45) is 1.63. The second-order valence-corrected chi connectivity index (χ2v) is 5.05. The van der Waals surface area contributed by atoms with Crippen molar-refractivity contribution in [1.82, 2.24) is 4.98 Å². The van der Waals surface area contributed by atoms with Crippen LogP contribution < -0.4 is 5.32 Å². The summed E-state index contributed by atoms with van der Waals surface area (Å²) in [5, 5.41) is 19.0. The van der Waals surface area contributed by atoms with Crippen molar-refractivity contribution in [1.29, 1.82) is 0 Å². The number of aromatic nitrogens is 1. The van der Waals surface area contributed by atoms with E-state index in [0.29, 0.717) is 23.1 Å². The third-order valence-electron chi connectivity index (χ3n) is 3.00. The highest BCUT2D eigenvalue weighted by molar-refractivity contribution is 7.07. The molecule has 0 aliphatic rings. The van der Waals surface area contributed by atoms with Crippen molar-refractivity contribution in [3.63, 3.8) is 0 Å². The third kappa shape index (κ3) is 2.33. The molecule has 3 rings (SSSR count). The van der Waals surface area contributed by atoms with Gasteiger partial charge in [-0.1, -0.05) is 0 Å². The Morgan fingerprint density at radius 3 is 2.95 bits per heavy atom. The molecule has 0 saturated carbocycles. The highest BCUT2D eigenvalue weighted by Crippen LogP contribution is 2.32. The highest BCUT2D eigenvalue weighted by Gasteiger charge is 2.18. The second kappa shape index (κ2) is 5.26. The molecule has 5 nitrogen and oxygen atoms in total. The minimum Gasteiger partial charge on any atom is -0.375 e. The van der Waals surface area contributed by atoms with Gasteiger partial charge in [0, 0.05) is 12.7 Å². The average molecular weight is 285 g/mol. The lowest BCUT2D eigenvalue weighted by Gasteiger charge is -2.08. The molecule has 3 aromatic rings. The lowest BCUT2D eigenvalue weighted by Crippen LogP contribution is -2.02. The summed E-state index contributed by atoms with van der Waals surface area (Å²) in [6, 6.07) is 8.92. The standard InChI is InChI=1S/C14H11N3O2S/c18-17(19)14-11-2-1-6-15-12(11)3-4-13(14)16-8-10-5-7-20-9-10/h1-7,9,16H,8H2. The van der Waals surface area contributed by atoms with E-state index in [4.69, 9.17) is 0 Å². The Kier molecular flexibility index (Phi) is 3.30. The monoisotopic (exact) mass is 285 g/mol. The maximum Gasteiger partial charge on any atom is 0.301 e. The maximum atomic E-state index is 11.3.